The summed E-state index contributed by atoms with van der Waals surface area (Å²) in [5, 5.41) is 2.86. The molecule has 7 heteroatoms. The number of hydrogen-bond acceptors (Lipinski definition) is 5. The van der Waals surface area contributed by atoms with Crippen LogP contribution >= 0.6 is 0 Å². The maximum atomic E-state index is 13.0. The van der Waals surface area contributed by atoms with Gasteiger partial charge in [0.05, 0.1) is 12.3 Å². The summed E-state index contributed by atoms with van der Waals surface area (Å²) < 4.78 is 10.3. The maximum Gasteiger partial charge on any atom is 0.291 e. The number of amides is 2. The highest BCUT2D eigenvalue weighted by Gasteiger charge is 2.23. The Hall–Kier alpha value is -3.58. The minimum atomic E-state index is -0.330. The Kier molecular flexibility index (Phi) is 7.68. The third-order valence-electron chi connectivity index (χ3n) is 5.24. The molecule has 32 heavy (non-hydrogen) atoms. The molecule has 1 N–H and O–H groups in total. The van der Waals surface area contributed by atoms with Gasteiger partial charge in [-0.1, -0.05) is 30.3 Å². The van der Waals surface area contributed by atoms with Crippen LogP contribution in [0.2, 0.25) is 0 Å². The molecule has 7 nitrogen and oxygen atoms in total. The van der Waals surface area contributed by atoms with Crippen LogP contribution in [0.1, 0.15) is 34.6 Å². The molecule has 3 aromatic rings. The molecule has 0 aliphatic carbocycles. The summed E-state index contributed by atoms with van der Waals surface area (Å²) >= 11 is 0. The van der Waals surface area contributed by atoms with Gasteiger partial charge in [0.25, 0.3) is 5.91 Å². The minimum absolute atomic E-state index is 0.0105. The third kappa shape index (κ3) is 5.56. The average Bonchev–Trinajstić information content (AvgIpc) is 3.33. The van der Waals surface area contributed by atoms with Crippen LogP contribution in [-0.4, -0.2) is 44.5 Å². The Balaban J connectivity index is 1.92. The molecule has 0 radical (unpaired) electrons. The second-order valence-corrected chi connectivity index (χ2v) is 7.71. The number of furan rings is 1. The van der Waals surface area contributed by atoms with E-state index in [4.69, 9.17) is 9.15 Å². The van der Waals surface area contributed by atoms with E-state index >= 15 is 0 Å². The van der Waals surface area contributed by atoms with Crippen LogP contribution in [-0.2, 0) is 16.1 Å². The summed E-state index contributed by atoms with van der Waals surface area (Å²) in [6, 6.07) is 18.7. The molecule has 1 atom stereocenters. The van der Waals surface area contributed by atoms with Gasteiger partial charge >= 0.3 is 0 Å². The zero-order valence-electron chi connectivity index (χ0n) is 18.9. The van der Waals surface area contributed by atoms with Gasteiger partial charge in [-0.25, -0.2) is 0 Å². The van der Waals surface area contributed by atoms with Crippen molar-refractivity contribution in [1.29, 1.82) is 0 Å². The lowest BCUT2D eigenvalue weighted by Crippen LogP contribution is -2.36. The van der Waals surface area contributed by atoms with Crippen molar-refractivity contribution in [1.82, 2.24) is 4.90 Å². The molecule has 0 aliphatic heterocycles. The van der Waals surface area contributed by atoms with E-state index in [-0.39, 0.29) is 30.2 Å². The molecule has 1 aromatic heterocycles. The number of hydrogen-bond donors (Lipinski definition) is 1. The maximum absolute atomic E-state index is 13.0. The normalized spacial score (nSPS) is 11.6. The fourth-order valence-corrected chi connectivity index (χ4v) is 3.57. The number of anilines is 2. The van der Waals surface area contributed by atoms with E-state index in [0.29, 0.717) is 12.2 Å². The van der Waals surface area contributed by atoms with E-state index in [1.165, 1.54) is 13.4 Å². The van der Waals surface area contributed by atoms with Crippen LogP contribution in [0, 0.1) is 0 Å². The number of rotatable bonds is 9. The second-order valence-electron chi connectivity index (χ2n) is 7.71. The highest BCUT2D eigenvalue weighted by molar-refractivity contribution is 6.02. The molecule has 2 amide bonds. The van der Waals surface area contributed by atoms with Crippen molar-refractivity contribution in [2.75, 3.05) is 38.0 Å². The van der Waals surface area contributed by atoms with Gasteiger partial charge in [-0.2, -0.15) is 0 Å². The Morgan fingerprint density at radius 1 is 1.06 bits per heavy atom. The number of ether oxygens (including phenoxy) is 1. The topological polar surface area (TPSA) is 75.0 Å². The van der Waals surface area contributed by atoms with Crippen molar-refractivity contribution < 1.29 is 18.7 Å². The third-order valence-corrected chi connectivity index (χ3v) is 5.24. The molecule has 1 heterocycles. The van der Waals surface area contributed by atoms with Gasteiger partial charge in [-0.3, -0.25) is 9.59 Å². The van der Waals surface area contributed by atoms with Crippen molar-refractivity contribution >= 4 is 23.2 Å². The largest absolute Gasteiger partial charge is 0.459 e. The van der Waals surface area contributed by atoms with Crippen LogP contribution < -0.4 is 10.2 Å². The summed E-state index contributed by atoms with van der Waals surface area (Å²) in [7, 11) is 5.41. The first-order valence-electron chi connectivity index (χ1n) is 10.4. The van der Waals surface area contributed by atoms with Gasteiger partial charge in [-0.05, 0) is 48.4 Å². The molecular formula is C25H29N3O4. The molecular weight excluding hydrogens is 406 g/mol. The van der Waals surface area contributed by atoms with E-state index < -0.39 is 0 Å². The number of nitrogens with zero attached hydrogens (tertiary/aromatic N) is 2. The van der Waals surface area contributed by atoms with Crippen molar-refractivity contribution in [2.45, 2.75) is 19.5 Å². The van der Waals surface area contributed by atoms with Gasteiger partial charge in [0.2, 0.25) is 5.91 Å². The van der Waals surface area contributed by atoms with Gasteiger partial charge in [-0.15, -0.1) is 0 Å². The standard InChI is InChI=1S/C25H29N3O4/c1-18(19-9-6-5-7-10-19)28(24(29)17-31-4)16-20-15-21(12-13-22(20)27(2)3)26-25(30)23-11-8-14-32-23/h5-15,18H,16-17H2,1-4H3,(H,26,30). The van der Waals surface area contributed by atoms with Crippen molar-refractivity contribution in [2.24, 2.45) is 0 Å². The van der Waals surface area contributed by atoms with Crippen LogP contribution in [0.4, 0.5) is 11.4 Å². The van der Waals surface area contributed by atoms with E-state index in [1.54, 1.807) is 17.0 Å². The van der Waals surface area contributed by atoms with E-state index in [1.807, 2.05) is 74.4 Å². The highest BCUT2D eigenvalue weighted by Crippen LogP contribution is 2.29. The first-order valence-corrected chi connectivity index (χ1v) is 10.4. The summed E-state index contributed by atoms with van der Waals surface area (Å²) in [6.45, 7) is 2.35. The highest BCUT2D eigenvalue weighted by atomic mass is 16.5. The summed E-state index contributed by atoms with van der Waals surface area (Å²) in [5.74, 6) is -0.208. The van der Waals surface area contributed by atoms with Crippen LogP contribution in [0.5, 0.6) is 0 Å². The van der Waals surface area contributed by atoms with Crippen molar-refractivity contribution in [3.8, 4) is 0 Å². The molecule has 0 saturated heterocycles. The molecule has 168 valence electrons. The van der Waals surface area contributed by atoms with Crippen molar-refractivity contribution in [3.63, 3.8) is 0 Å². The number of carbonyl (C=O) groups excluding carboxylic acids is 2. The molecule has 1 unspecified atom stereocenters. The zero-order valence-corrected chi connectivity index (χ0v) is 18.9. The molecule has 0 fully saturated rings. The summed E-state index contributed by atoms with van der Waals surface area (Å²) in [4.78, 5) is 29.2. The minimum Gasteiger partial charge on any atom is -0.459 e. The quantitative estimate of drug-likeness (QED) is 0.541. The predicted octanol–water partition coefficient (Wildman–Crippen LogP) is 4.33. The number of benzene rings is 2. The van der Waals surface area contributed by atoms with Crippen LogP contribution in [0.15, 0.2) is 71.3 Å². The Bertz CT molecular complexity index is 1030. The Morgan fingerprint density at radius 3 is 2.44 bits per heavy atom. The lowest BCUT2D eigenvalue weighted by molar-refractivity contribution is -0.138. The predicted molar refractivity (Wildman–Crippen MR) is 125 cm³/mol. The fraction of sp³-hybridized carbons (Fsp3) is 0.280. The molecule has 0 aliphatic rings. The SMILES string of the molecule is COCC(=O)N(Cc1cc(NC(=O)c2ccco2)ccc1N(C)C)C(C)c1ccccc1. The van der Waals surface area contributed by atoms with Gasteiger partial charge in [0.1, 0.15) is 6.61 Å². The fourth-order valence-electron chi connectivity index (χ4n) is 3.57. The smallest absolute Gasteiger partial charge is 0.291 e. The molecule has 3 rings (SSSR count). The Morgan fingerprint density at radius 2 is 1.81 bits per heavy atom. The number of nitrogens with one attached hydrogen (secondary N) is 1. The number of carbonyl (C=O) groups is 2. The van der Waals surface area contributed by atoms with Gasteiger partial charge in [0.15, 0.2) is 5.76 Å². The van der Waals surface area contributed by atoms with Crippen molar-refractivity contribution in [3.05, 3.63) is 83.8 Å². The van der Waals surface area contributed by atoms with E-state index in [0.717, 1.165) is 16.8 Å². The molecule has 2 aromatic carbocycles. The first-order chi connectivity index (χ1) is 15.4. The van der Waals surface area contributed by atoms with Crippen LogP contribution in [0.3, 0.4) is 0 Å². The van der Waals surface area contributed by atoms with Gasteiger partial charge < -0.3 is 24.3 Å². The lowest BCUT2D eigenvalue weighted by atomic mass is 10.0. The van der Waals surface area contributed by atoms with Gasteiger partial charge in [0, 0.05) is 39.1 Å². The number of methoxy groups -OCH3 is 1. The average molecular weight is 436 g/mol. The van der Waals surface area contributed by atoms with E-state index in [2.05, 4.69) is 5.32 Å². The monoisotopic (exact) mass is 435 g/mol. The second kappa shape index (κ2) is 10.6. The molecule has 0 bridgehead atoms. The molecule has 0 spiro atoms. The lowest BCUT2D eigenvalue weighted by Gasteiger charge is -2.31. The van der Waals surface area contributed by atoms with Crippen LogP contribution in [0.25, 0.3) is 0 Å². The first kappa shape index (κ1) is 23.1. The summed E-state index contributed by atoms with van der Waals surface area (Å²) in [6.07, 6.45) is 1.46. The molecule has 0 saturated carbocycles. The zero-order chi connectivity index (χ0) is 23.1. The van der Waals surface area contributed by atoms with E-state index in [9.17, 15) is 9.59 Å². The Labute approximate surface area is 188 Å². The summed E-state index contributed by atoms with van der Waals surface area (Å²) in [5.41, 5.74) is 3.51.